The Labute approximate surface area is 176 Å². The molecule has 0 aliphatic heterocycles. The molecule has 0 bridgehead atoms. The van der Waals surface area contributed by atoms with Crippen molar-refractivity contribution in [2.24, 2.45) is 0 Å². The van der Waals surface area contributed by atoms with Crippen LogP contribution in [0.25, 0.3) is 0 Å². The molecule has 0 aliphatic rings. The first-order chi connectivity index (χ1) is 13.2. The number of amides is 1. The summed E-state index contributed by atoms with van der Waals surface area (Å²) in [5, 5.41) is 3.14. The number of hydrogen-bond donors (Lipinski definition) is 1. The Hall–Kier alpha value is -1.54. The molecule has 152 valence electrons. The van der Waals surface area contributed by atoms with Gasteiger partial charge in [-0.25, -0.2) is 8.42 Å². The molecular weight excluding hydrogens is 416 g/mol. The zero-order valence-electron chi connectivity index (χ0n) is 16.4. The third-order valence-corrected chi connectivity index (χ3v) is 7.72. The van der Waals surface area contributed by atoms with E-state index in [1.165, 1.54) is 22.1 Å². The quantitative estimate of drug-likeness (QED) is 0.599. The lowest BCUT2D eigenvalue weighted by Crippen LogP contribution is -2.30. The number of aryl methyl sites for hydroxylation is 1. The number of hydrogen-bond acceptors (Lipinski definition) is 4. The van der Waals surface area contributed by atoms with Crippen LogP contribution in [0.15, 0.2) is 52.3 Å². The Morgan fingerprint density at radius 3 is 2.32 bits per heavy atom. The van der Waals surface area contributed by atoms with E-state index in [4.69, 9.17) is 11.6 Å². The monoisotopic (exact) mass is 440 g/mol. The van der Waals surface area contributed by atoms with Crippen molar-refractivity contribution in [2.75, 3.05) is 18.4 Å². The molecule has 0 radical (unpaired) electrons. The van der Waals surface area contributed by atoms with Crippen LogP contribution >= 0.6 is 23.4 Å². The molecule has 1 N–H and O–H groups in total. The molecule has 0 spiro atoms. The average molecular weight is 441 g/mol. The Morgan fingerprint density at radius 1 is 1.14 bits per heavy atom. The average Bonchev–Trinajstić information content (AvgIpc) is 2.65. The number of nitrogens with zero attached hydrogens (tertiary/aromatic N) is 1. The molecule has 0 fully saturated rings. The minimum Gasteiger partial charge on any atom is -0.325 e. The van der Waals surface area contributed by atoms with Gasteiger partial charge in [0.2, 0.25) is 15.9 Å². The summed E-state index contributed by atoms with van der Waals surface area (Å²) in [7, 11) is -3.58. The minimum absolute atomic E-state index is 0.176. The molecule has 8 heteroatoms. The lowest BCUT2D eigenvalue weighted by Gasteiger charge is -2.20. The SMILES string of the molecule is CCN(CC)S(=O)(=O)c1ccc(C)c(NC(=O)C(C)Sc2ccc(Cl)cc2)c1. The lowest BCUT2D eigenvalue weighted by atomic mass is 10.2. The van der Waals surface area contributed by atoms with Gasteiger partial charge in [0.1, 0.15) is 0 Å². The number of carbonyl (C=O) groups is 1. The smallest absolute Gasteiger partial charge is 0.243 e. The van der Waals surface area contributed by atoms with Crippen LogP contribution in [-0.2, 0) is 14.8 Å². The number of halogens is 1. The molecule has 1 atom stereocenters. The molecule has 1 amide bonds. The van der Waals surface area contributed by atoms with Crippen LogP contribution in [-0.4, -0.2) is 37.0 Å². The summed E-state index contributed by atoms with van der Waals surface area (Å²) in [6, 6.07) is 12.1. The molecule has 0 aliphatic carbocycles. The first kappa shape index (κ1) is 22.7. The number of anilines is 1. The van der Waals surface area contributed by atoms with Crippen molar-refractivity contribution < 1.29 is 13.2 Å². The van der Waals surface area contributed by atoms with E-state index in [2.05, 4.69) is 5.32 Å². The number of rotatable bonds is 8. The van der Waals surface area contributed by atoms with Crippen LogP contribution in [0, 0.1) is 6.92 Å². The molecule has 0 saturated carbocycles. The van der Waals surface area contributed by atoms with E-state index in [9.17, 15) is 13.2 Å². The number of nitrogens with one attached hydrogen (secondary N) is 1. The van der Waals surface area contributed by atoms with E-state index in [0.29, 0.717) is 23.8 Å². The van der Waals surface area contributed by atoms with Crippen molar-refractivity contribution in [3.05, 3.63) is 53.1 Å². The molecule has 5 nitrogen and oxygen atoms in total. The summed E-state index contributed by atoms with van der Waals surface area (Å²) in [4.78, 5) is 13.7. The highest BCUT2D eigenvalue weighted by atomic mass is 35.5. The Bertz CT molecular complexity index is 927. The second-order valence-corrected chi connectivity index (χ2v) is 10.1. The van der Waals surface area contributed by atoms with Gasteiger partial charge in [-0.05, 0) is 55.8 Å². The van der Waals surface area contributed by atoms with Crippen molar-refractivity contribution in [1.82, 2.24) is 4.31 Å². The molecule has 0 heterocycles. The molecule has 1 unspecified atom stereocenters. The molecule has 0 aromatic heterocycles. The predicted molar refractivity (Wildman–Crippen MR) is 117 cm³/mol. The van der Waals surface area contributed by atoms with E-state index in [1.807, 2.05) is 19.1 Å². The Morgan fingerprint density at radius 2 is 1.75 bits per heavy atom. The highest BCUT2D eigenvalue weighted by Crippen LogP contribution is 2.27. The van der Waals surface area contributed by atoms with Crippen LogP contribution in [0.4, 0.5) is 5.69 Å². The first-order valence-electron chi connectivity index (χ1n) is 9.03. The maximum atomic E-state index is 12.7. The van der Waals surface area contributed by atoms with Crippen LogP contribution in [0.2, 0.25) is 5.02 Å². The van der Waals surface area contributed by atoms with Crippen molar-refractivity contribution in [1.29, 1.82) is 0 Å². The number of benzene rings is 2. The van der Waals surface area contributed by atoms with Gasteiger partial charge in [-0.15, -0.1) is 11.8 Å². The maximum absolute atomic E-state index is 12.7. The fourth-order valence-electron chi connectivity index (χ4n) is 2.61. The third kappa shape index (κ3) is 5.50. The van der Waals surface area contributed by atoms with Gasteiger partial charge in [0, 0.05) is 28.7 Å². The van der Waals surface area contributed by atoms with Gasteiger partial charge in [-0.1, -0.05) is 31.5 Å². The summed E-state index contributed by atoms with van der Waals surface area (Å²) < 4.78 is 26.9. The van der Waals surface area contributed by atoms with E-state index >= 15 is 0 Å². The molecule has 2 aromatic rings. The Balaban J connectivity index is 2.18. The summed E-state index contributed by atoms with van der Waals surface area (Å²) in [5.74, 6) is -0.194. The van der Waals surface area contributed by atoms with Gasteiger partial charge in [-0.3, -0.25) is 4.79 Å². The molecule has 2 aromatic carbocycles. The van der Waals surface area contributed by atoms with Gasteiger partial charge in [0.15, 0.2) is 0 Å². The van der Waals surface area contributed by atoms with Crippen molar-refractivity contribution in [3.8, 4) is 0 Å². The number of sulfonamides is 1. The van der Waals surface area contributed by atoms with Gasteiger partial charge in [0.05, 0.1) is 10.1 Å². The molecule has 2 rings (SSSR count). The van der Waals surface area contributed by atoms with Gasteiger partial charge < -0.3 is 5.32 Å². The fourth-order valence-corrected chi connectivity index (χ4v) is 5.09. The minimum atomic E-state index is -3.58. The first-order valence-corrected chi connectivity index (χ1v) is 11.7. The second-order valence-electron chi connectivity index (χ2n) is 6.27. The van der Waals surface area contributed by atoms with Crippen LogP contribution in [0.3, 0.4) is 0 Å². The maximum Gasteiger partial charge on any atom is 0.243 e. The Kier molecular flexibility index (Phi) is 7.95. The van der Waals surface area contributed by atoms with Crippen LogP contribution < -0.4 is 5.32 Å². The topological polar surface area (TPSA) is 66.5 Å². The molecule has 0 saturated heterocycles. The normalized spacial score (nSPS) is 12.8. The zero-order valence-corrected chi connectivity index (χ0v) is 18.8. The molecular formula is C20H25ClN2O3S2. The number of thioether (sulfide) groups is 1. The fraction of sp³-hybridized carbons (Fsp3) is 0.350. The summed E-state index contributed by atoms with van der Waals surface area (Å²) >= 11 is 7.30. The molecule has 28 heavy (non-hydrogen) atoms. The summed E-state index contributed by atoms with van der Waals surface area (Å²) in [5.41, 5.74) is 1.30. The van der Waals surface area contributed by atoms with E-state index in [0.717, 1.165) is 10.5 Å². The predicted octanol–water partition coefficient (Wildman–Crippen LogP) is 4.80. The van der Waals surface area contributed by atoms with Crippen LogP contribution in [0.5, 0.6) is 0 Å². The summed E-state index contributed by atoms with van der Waals surface area (Å²) in [6.45, 7) is 8.02. The van der Waals surface area contributed by atoms with Crippen molar-refractivity contribution >= 4 is 45.0 Å². The largest absolute Gasteiger partial charge is 0.325 e. The van der Waals surface area contributed by atoms with E-state index in [1.54, 1.807) is 45.0 Å². The van der Waals surface area contributed by atoms with Crippen molar-refractivity contribution in [2.45, 2.75) is 42.7 Å². The zero-order chi connectivity index (χ0) is 20.9. The van der Waals surface area contributed by atoms with E-state index < -0.39 is 10.0 Å². The highest BCUT2D eigenvalue weighted by Gasteiger charge is 2.23. The number of carbonyl (C=O) groups excluding carboxylic acids is 1. The van der Waals surface area contributed by atoms with E-state index in [-0.39, 0.29) is 16.1 Å². The lowest BCUT2D eigenvalue weighted by molar-refractivity contribution is -0.115. The van der Waals surface area contributed by atoms with Gasteiger partial charge >= 0.3 is 0 Å². The van der Waals surface area contributed by atoms with Gasteiger partial charge in [0.25, 0.3) is 0 Å². The summed E-state index contributed by atoms with van der Waals surface area (Å²) in [6.07, 6.45) is 0. The van der Waals surface area contributed by atoms with Crippen LogP contribution in [0.1, 0.15) is 26.3 Å². The second kappa shape index (κ2) is 9.78. The third-order valence-electron chi connectivity index (χ3n) is 4.31. The standard InChI is InChI=1S/C20H25ClN2O3S2/c1-5-23(6-2)28(25,26)18-12-7-14(3)19(13-18)22-20(24)15(4)27-17-10-8-16(21)9-11-17/h7-13,15H,5-6H2,1-4H3,(H,22,24). The van der Waals surface area contributed by atoms with Crippen molar-refractivity contribution in [3.63, 3.8) is 0 Å². The highest BCUT2D eigenvalue weighted by molar-refractivity contribution is 8.00. The van der Waals surface area contributed by atoms with Gasteiger partial charge in [-0.2, -0.15) is 4.31 Å².